The molecule has 3 rings (SSSR count). The fourth-order valence-corrected chi connectivity index (χ4v) is 2.68. The summed E-state index contributed by atoms with van der Waals surface area (Å²) in [5.41, 5.74) is 3.14. The maximum atomic E-state index is 11.2. The third-order valence-electron chi connectivity index (χ3n) is 3.80. The molecule has 0 fully saturated rings. The molecule has 5 nitrogen and oxygen atoms in total. The maximum absolute atomic E-state index is 11.2. The minimum Gasteiger partial charge on any atom is -0.497 e. The summed E-state index contributed by atoms with van der Waals surface area (Å²) in [6.07, 6.45) is 0.751. The van der Waals surface area contributed by atoms with Crippen LogP contribution in [0.5, 0.6) is 17.2 Å². The zero-order valence-electron chi connectivity index (χ0n) is 13.2. The lowest BCUT2D eigenvalue weighted by Crippen LogP contribution is -1.97. The number of fused-ring (bicyclic) bond motifs is 1. The van der Waals surface area contributed by atoms with Crippen LogP contribution in [0.2, 0.25) is 0 Å². The number of rotatable bonds is 5. The number of hydrogen-bond donors (Lipinski definition) is 1. The van der Waals surface area contributed by atoms with Gasteiger partial charge < -0.3 is 19.2 Å². The first-order valence-electron chi connectivity index (χ1n) is 7.09. The molecule has 0 atom stereocenters. The highest BCUT2D eigenvalue weighted by molar-refractivity contribution is 5.91. The highest BCUT2D eigenvalue weighted by Gasteiger charge is 2.17. The fraction of sp³-hybridized carbons (Fsp3) is 0.167. The van der Waals surface area contributed by atoms with Crippen molar-refractivity contribution in [3.8, 4) is 28.5 Å². The van der Waals surface area contributed by atoms with Crippen molar-refractivity contribution < 1.29 is 19.0 Å². The van der Waals surface area contributed by atoms with E-state index in [4.69, 9.17) is 14.2 Å². The predicted octanol–water partition coefficient (Wildman–Crippen LogP) is 3.67. The third-order valence-corrected chi connectivity index (χ3v) is 3.80. The van der Waals surface area contributed by atoms with Crippen molar-refractivity contribution in [1.82, 2.24) is 4.98 Å². The molecule has 23 heavy (non-hydrogen) atoms. The summed E-state index contributed by atoms with van der Waals surface area (Å²) in [6.45, 7) is 0. The summed E-state index contributed by atoms with van der Waals surface area (Å²) in [5.74, 6) is 1.75. The van der Waals surface area contributed by atoms with Crippen molar-refractivity contribution in [3.05, 3.63) is 42.0 Å². The molecule has 0 amide bonds. The normalized spacial score (nSPS) is 10.6. The van der Waals surface area contributed by atoms with Crippen LogP contribution in [0, 0.1) is 0 Å². The van der Waals surface area contributed by atoms with Crippen LogP contribution in [0.15, 0.2) is 36.4 Å². The highest BCUT2D eigenvalue weighted by Crippen LogP contribution is 2.40. The van der Waals surface area contributed by atoms with Gasteiger partial charge in [-0.15, -0.1) is 0 Å². The number of benzene rings is 2. The van der Waals surface area contributed by atoms with E-state index in [1.54, 1.807) is 20.3 Å². The topological polar surface area (TPSA) is 60.6 Å². The van der Waals surface area contributed by atoms with Gasteiger partial charge in [0.25, 0.3) is 0 Å². The number of carbonyl (C=O) groups is 1. The lowest BCUT2D eigenvalue weighted by Gasteiger charge is -2.13. The second kappa shape index (κ2) is 6.04. The molecule has 0 aliphatic carbocycles. The molecule has 0 aliphatic heterocycles. The lowest BCUT2D eigenvalue weighted by molar-refractivity contribution is 0.112. The van der Waals surface area contributed by atoms with Crippen LogP contribution in [0.25, 0.3) is 22.2 Å². The van der Waals surface area contributed by atoms with Gasteiger partial charge >= 0.3 is 0 Å². The number of nitrogens with one attached hydrogen (secondary N) is 1. The van der Waals surface area contributed by atoms with Crippen molar-refractivity contribution in [2.24, 2.45) is 0 Å². The number of aromatic amines is 1. The number of ether oxygens (including phenoxy) is 3. The van der Waals surface area contributed by atoms with E-state index in [9.17, 15) is 4.79 Å². The summed E-state index contributed by atoms with van der Waals surface area (Å²) in [4.78, 5) is 14.5. The Hall–Kier alpha value is -2.95. The second-order valence-corrected chi connectivity index (χ2v) is 5.02. The average Bonchev–Trinajstić information content (AvgIpc) is 3.02. The Morgan fingerprint density at radius 2 is 1.70 bits per heavy atom. The Morgan fingerprint density at radius 3 is 2.35 bits per heavy atom. The first kappa shape index (κ1) is 15.0. The van der Waals surface area contributed by atoms with Gasteiger partial charge in [-0.3, -0.25) is 4.79 Å². The minimum atomic E-state index is 0.427. The Morgan fingerprint density at radius 1 is 0.913 bits per heavy atom. The summed E-state index contributed by atoms with van der Waals surface area (Å²) >= 11 is 0. The molecule has 118 valence electrons. The van der Waals surface area contributed by atoms with Crippen molar-refractivity contribution >= 4 is 17.2 Å². The molecule has 2 aromatic carbocycles. The van der Waals surface area contributed by atoms with E-state index < -0.39 is 0 Å². The monoisotopic (exact) mass is 311 g/mol. The van der Waals surface area contributed by atoms with Crippen LogP contribution in [-0.2, 0) is 0 Å². The summed E-state index contributed by atoms with van der Waals surface area (Å²) in [5, 5.41) is 1.03. The molecule has 0 saturated heterocycles. The highest BCUT2D eigenvalue weighted by atomic mass is 16.5. The lowest BCUT2D eigenvalue weighted by atomic mass is 10.1. The van der Waals surface area contributed by atoms with E-state index in [0.29, 0.717) is 17.1 Å². The quantitative estimate of drug-likeness (QED) is 0.730. The smallest absolute Gasteiger partial charge is 0.171 e. The van der Waals surface area contributed by atoms with Crippen LogP contribution < -0.4 is 14.2 Å². The number of aldehydes is 1. The van der Waals surface area contributed by atoms with Crippen molar-refractivity contribution in [2.45, 2.75) is 0 Å². The molecule has 1 heterocycles. The van der Waals surface area contributed by atoms with Gasteiger partial charge in [-0.1, -0.05) is 0 Å². The molecule has 3 aromatic rings. The Balaban J connectivity index is 2.19. The first-order chi connectivity index (χ1) is 11.2. The molecule has 0 bridgehead atoms. The predicted molar refractivity (Wildman–Crippen MR) is 88.8 cm³/mol. The van der Waals surface area contributed by atoms with Gasteiger partial charge in [0.05, 0.1) is 32.6 Å². The Bertz CT molecular complexity index is 867. The summed E-state index contributed by atoms with van der Waals surface area (Å²) < 4.78 is 16.1. The Kier molecular flexibility index (Phi) is 3.93. The molecular weight excluding hydrogens is 294 g/mol. The summed E-state index contributed by atoms with van der Waals surface area (Å²) in [6, 6.07) is 11.4. The molecule has 0 saturated carbocycles. The molecule has 1 aromatic heterocycles. The van der Waals surface area contributed by atoms with E-state index in [1.165, 1.54) is 7.11 Å². The van der Waals surface area contributed by atoms with Crippen LogP contribution in [0.1, 0.15) is 10.4 Å². The average molecular weight is 311 g/mol. The van der Waals surface area contributed by atoms with Crippen molar-refractivity contribution in [1.29, 1.82) is 0 Å². The van der Waals surface area contributed by atoms with Gasteiger partial charge in [0.1, 0.15) is 5.75 Å². The van der Waals surface area contributed by atoms with Crippen LogP contribution in [-0.4, -0.2) is 32.6 Å². The fourth-order valence-electron chi connectivity index (χ4n) is 2.68. The van der Waals surface area contributed by atoms with E-state index in [-0.39, 0.29) is 0 Å². The van der Waals surface area contributed by atoms with Gasteiger partial charge in [-0.2, -0.15) is 0 Å². The third kappa shape index (κ3) is 2.50. The number of H-pyrrole nitrogens is 1. The van der Waals surface area contributed by atoms with Gasteiger partial charge in [0.15, 0.2) is 17.8 Å². The molecule has 5 heteroatoms. The minimum absolute atomic E-state index is 0.427. The molecule has 0 aliphatic rings. The molecule has 0 radical (unpaired) electrons. The Labute approximate surface area is 133 Å². The standard InChI is InChI=1S/C18H17NO4/c1-21-13-5-7-15-12(8-13)9-16(19-15)14-6-4-11(10-20)17(22-2)18(14)23-3/h4-10,19H,1-3H3. The number of aromatic nitrogens is 1. The van der Waals surface area contributed by atoms with Gasteiger partial charge in [-0.05, 0) is 36.4 Å². The largest absolute Gasteiger partial charge is 0.497 e. The number of carbonyl (C=O) groups excluding carboxylic acids is 1. The van der Waals surface area contributed by atoms with Gasteiger partial charge in [0.2, 0.25) is 0 Å². The van der Waals surface area contributed by atoms with E-state index in [2.05, 4.69) is 4.98 Å². The molecule has 0 spiro atoms. The van der Waals surface area contributed by atoms with E-state index >= 15 is 0 Å². The SMILES string of the molecule is COc1ccc2[nH]c(-c3ccc(C=O)c(OC)c3OC)cc2c1. The van der Waals surface area contributed by atoms with E-state index in [0.717, 1.165) is 34.2 Å². The van der Waals surface area contributed by atoms with E-state index in [1.807, 2.05) is 30.3 Å². The molecule has 1 N–H and O–H groups in total. The summed E-state index contributed by atoms with van der Waals surface area (Å²) in [7, 11) is 4.72. The van der Waals surface area contributed by atoms with Gasteiger partial charge in [-0.25, -0.2) is 0 Å². The van der Waals surface area contributed by atoms with Gasteiger partial charge in [0, 0.05) is 16.5 Å². The van der Waals surface area contributed by atoms with Crippen LogP contribution in [0.4, 0.5) is 0 Å². The first-order valence-corrected chi connectivity index (χ1v) is 7.09. The van der Waals surface area contributed by atoms with Crippen molar-refractivity contribution in [2.75, 3.05) is 21.3 Å². The number of methoxy groups -OCH3 is 3. The van der Waals surface area contributed by atoms with Crippen LogP contribution >= 0.6 is 0 Å². The van der Waals surface area contributed by atoms with Crippen molar-refractivity contribution in [3.63, 3.8) is 0 Å². The number of hydrogen-bond acceptors (Lipinski definition) is 4. The molecule has 0 unspecified atom stereocenters. The molecular formula is C18H17NO4. The second-order valence-electron chi connectivity index (χ2n) is 5.02. The maximum Gasteiger partial charge on any atom is 0.171 e. The zero-order chi connectivity index (χ0) is 16.4. The van der Waals surface area contributed by atoms with Crippen LogP contribution in [0.3, 0.4) is 0 Å². The zero-order valence-corrected chi connectivity index (χ0v) is 13.2.